The van der Waals surface area contributed by atoms with Crippen molar-refractivity contribution in [3.63, 3.8) is 0 Å². The second-order valence-electron chi connectivity index (χ2n) is 5.37. The number of hydrogen-bond donors (Lipinski definition) is 1. The van der Waals surface area contributed by atoms with Gasteiger partial charge >= 0.3 is 0 Å². The molecule has 3 aromatic rings. The standard InChI is InChI=1S/C13H15ClN8O.C2H6/c1-8-17-19-12-10(14)11(21-4-2-3-5-21)13(20-22(8)12)23-6-9-15-7-16-18-9;1-2/h7H,2-6H2,1H3,(H,15,16,18);1-2H3. The number of halogens is 1. The molecule has 0 spiro atoms. The summed E-state index contributed by atoms with van der Waals surface area (Å²) in [5.41, 5.74) is 1.31. The monoisotopic (exact) mass is 364 g/mol. The number of rotatable bonds is 4. The lowest BCUT2D eigenvalue weighted by Gasteiger charge is -2.21. The molecular formula is C15H21ClN8O. The molecule has 10 heteroatoms. The normalized spacial score (nSPS) is 13.8. The van der Waals surface area contributed by atoms with Crippen LogP contribution in [0.4, 0.5) is 5.69 Å². The van der Waals surface area contributed by atoms with Crippen molar-refractivity contribution < 1.29 is 4.74 Å². The van der Waals surface area contributed by atoms with Crippen LogP contribution in [0.2, 0.25) is 5.02 Å². The summed E-state index contributed by atoms with van der Waals surface area (Å²) >= 11 is 6.58. The molecule has 3 aromatic heterocycles. The van der Waals surface area contributed by atoms with Crippen molar-refractivity contribution in [2.45, 2.75) is 40.2 Å². The minimum absolute atomic E-state index is 0.233. The quantitative estimate of drug-likeness (QED) is 0.759. The van der Waals surface area contributed by atoms with Gasteiger partial charge in [0.15, 0.2) is 17.3 Å². The summed E-state index contributed by atoms with van der Waals surface area (Å²) in [6, 6.07) is 0. The van der Waals surface area contributed by atoms with Crippen molar-refractivity contribution >= 4 is 22.9 Å². The molecule has 134 valence electrons. The molecule has 0 aliphatic carbocycles. The van der Waals surface area contributed by atoms with Crippen LogP contribution >= 0.6 is 11.6 Å². The summed E-state index contributed by atoms with van der Waals surface area (Å²) in [4.78, 5) is 6.23. The smallest absolute Gasteiger partial charge is 0.257 e. The van der Waals surface area contributed by atoms with Gasteiger partial charge in [-0.2, -0.15) is 9.61 Å². The van der Waals surface area contributed by atoms with E-state index in [0.717, 1.165) is 31.6 Å². The first kappa shape index (κ1) is 17.4. The van der Waals surface area contributed by atoms with Crippen LogP contribution in [0.5, 0.6) is 5.88 Å². The summed E-state index contributed by atoms with van der Waals surface area (Å²) in [6.45, 7) is 7.89. The van der Waals surface area contributed by atoms with Gasteiger partial charge in [-0.25, -0.2) is 4.98 Å². The molecule has 0 saturated carbocycles. The minimum Gasteiger partial charge on any atom is -0.467 e. The zero-order chi connectivity index (χ0) is 17.8. The average Bonchev–Trinajstić information content (AvgIpc) is 3.38. The third kappa shape index (κ3) is 3.37. The first-order valence-electron chi connectivity index (χ1n) is 8.37. The molecule has 0 aromatic carbocycles. The van der Waals surface area contributed by atoms with E-state index in [2.05, 4.69) is 35.4 Å². The Balaban J connectivity index is 0.000000880. The highest BCUT2D eigenvalue weighted by molar-refractivity contribution is 6.36. The van der Waals surface area contributed by atoms with Gasteiger partial charge in [0.25, 0.3) is 5.88 Å². The molecule has 1 N–H and O–H groups in total. The Morgan fingerprint density at radius 1 is 1.24 bits per heavy atom. The molecule has 1 aliphatic heterocycles. The largest absolute Gasteiger partial charge is 0.467 e. The molecule has 4 rings (SSSR count). The van der Waals surface area contributed by atoms with Gasteiger partial charge < -0.3 is 9.64 Å². The topological polar surface area (TPSA) is 97.1 Å². The molecule has 0 bridgehead atoms. The van der Waals surface area contributed by atoms with E-state index in [-0.39, 0.29) is 6.61 Å². The highest BCUT2D eigenvalue weighted by Gasteiger charge is 2.25. The molecule has 25 heavy (non-hydrogen) atoms. The number of nitrogens with one attached hydrogen (secondary N) is 1. The molecule has 1 aliphatic rings. The summed E-state index contributed by atoms with van der Waals surface area (Å²) < 4.78 is 7.45. The first-order valence-corrected chi connectivity index (χ1v) is 8.75. The molecule has 9 nitrogen and oxygen atoms in total. The van der Waals surface area contributed by atoms with Gasteiger partial charge in [-0.1, -0.05) is 25.4 Å². The maximum atomic E-state index is 6.58. The molecule has 0 atom stereocenters. The van der Waals surface area contributed by atoms with Gasteiger partial charge in [-0.3, -0.25) is 5.10 Å². The van der Waals surface area contributed by atoms with Crippen LogP contribution in [0.1, 0.15) is 38.3 Å². The van der Waals surface area contributed by atoms with E-state index >= 15 is 0 Å². The van der Waals surface area contributed by atoms with Gasteiger partial charge in [0.1, 0.15) is 23.6 Å². The number of fused-ring (bicyclic) bond motifs is 1. The summed E-state index contributed by atoms with van der Waals surface area (Å²) in [7, 11) is 0. The summed E-state index contributed by atoms with van der Waals surface area (Å²) in [6.07, 6.45) is 3.68. The number of aryl methyl sites for hydroxylation is 1. The fraction of sp³-hybridized carbons (Fsp3) is 0.533. The second kappa shape index (κ2) is 7.64. The Morgan fingerprint density at radius 2 is 2.00 bits per heavy atom. The lowest BCUT2D eigenvalue weighted by atomic mass is 10.4. The SMILES string of the molecule is CC.Cc1nnc2c(Cl)c(N3CCCC3)c(OCc3ncn[nH]3)nn12. The summed E-state index contributed by atoms with van der Waals surface area (Å²) in [5.74, 6) is 1.72. The van der Waals surface area contributed by atoms with Crippen LogP contribution < -0.4 is 9.64 Å². The number of hydrogen-bond acceptors (Lipinski definition) is 7. The Labute approximate surface area is 150 Å². The van der Waals surface area contributed by atoms with Crippen molar-refractivity contribution in [2.75, 3.05) is 18.0 Å². The third-order valence-corrected chi connectivity index (χ3v) is 4.18. The van der Waals surface area contributed by atoms with Crippen LogP contribution in [0.3, 0.4) is 0 Å². The van der Waals surface area contributed by atoms with E-state index in [1.807, 2.05) is 20.8 Å². The van der Waals surface area contributed by atoms with Crippen LogP contribution in [-0.2, 0) is 6.61 Å². The predicted molar refractivity (Wildman–Crippen MR) is 94.0 cm³/mol. The number of nitrogens with zero attached hydrogens (tertiary/aromatic N) is 7. The second-order valence-corrected chi connectivity index (χ2v) is 5.74. The van der Waals surface area contributed by atoms with Crippen molar-refractivity contribution in [3.8, 4) is 5.88 Å². The Kier molecular flexibility index (Phi) is 5.32. The zero-order valence-corrected chi connectivity index (χ0v) is 15.3. The molecule has 0 radical (unpaired) electrons. The number of aromatic amines is 1. The summed E-state index contributed by atoms with van der Waals surface area (Å²) in [5, 5.41) is 19.7. The number of anilines is 1. The predicted octanol–water partition coefficient (Wildman–Crippen LogP) is 2.41. The Bertz CT molecular complexity index is 826. The van der Waals surface area contributed by atoms with Crippen LogP contribution in [0, 0.1) is 6.92 Å². The molecular weight excluding hydrogens is 344 g/mol. The maximum absolute atomic E-state index is 6.58. The molecule has 4 heterocycles. The lowest BCUT2D eigenvalue weighted by Crippen LogP contribution is -2.21. The highest BCUT2D eigenvalue weighted by Crippen LogP contribution is 2.38. The molecule has 1 saturated heterocycles. The van der Waals surface area contributed by atoms with Gasteiger partial charge in [0.05, 0.1) is 0 Å². The third-order valence-electron chi connectivity index (χ3n) is 3.83. The van der Waals surface area contributed by atoms with Crippen LogP contribution in [0.15, 0.2) is 6.33 Å². The van der Waals surface area contributed by atoms with Gasteiger partial charge in [0, 0.05) is 13.1 Å². The van der Waals surface area contributed by atoms with E-state index < -0.39 is 0 Å². The van der Waals surface area contributed by atoms with E-state index in [9.17, 15) is 0 Å². The van der Waals surface area contributed by atoms with Gasteiger partial charge in [-0.05, 0) is 19.8 Å². The first-order chi connectivity index (χ1) is 12.2. The zero-order valence-electron chi connectivity index (χ0n) is 14.5. The van der Waals surface area contributed by atoms with Crippen LogP contribution in [-0.4, -0.2) is 48.1 Å². The minimum atomic E-state index is 0.233. The van der Waals surface area contributed by atoms with E-state index in [0.29, 0.717) is 28.2 Å². The Hall–Kier alpha value is -2.42. The Morgan fingerprint density at radius 3 is 2.68 bits per heavy atom. The van der Waals surface area contributed by atoms with Gasteiger partial charge in [0.2, 0.25) is 0 Å². The molecule has 0 unspecified atom stereocenters. The van der Waals surface area contributed by atoms with E-state index in [1.165, 1.54) is 6.33 Å². The number of aromatic nitrogens is 7. The van der Waals surface area contributed by atoms with Crippen molar-refractivity contribution in [2.24, 2.45) is 0 Å². The van der Waals surface area contributed by atoms with Crippen LogP contribution in [0.25, 0.3) is 5.65 Å². The fourth-order valence-electron chi connectivity index (χ4n) is 2.70. The number of ether oxygens (including phenoxy) is 1. The molecule has 0 amide bonds. The van der Waals surface area contributed by atoms with Crippen molar-refractivity contribution in [1.29, 1.82) is 0 Å². The van der Waals surface area contributed by atoms with Crippen molar-refractivity contribution in [3.05, 3.63) is 23.0 Å². The fourth-order valence-corrected chi connectivity index (χ4v) is 3.02. The lowest BCUT2D eigenvalue weighted by molar-refractivity contribution is 0.280. The highest BCUT2D eigenvalue weighted by atomic mass is 35.5. The molecule has 1 fully saturated rings. The maximum Gasteiger partial charge on any atom is 0.257 e. The number of H-pyrrole nitrogens is 1. The van der Waals surface area contributed by atoms with E-state index in [4.69, 9.17) is 16.3 Å². The van der Waals surface area contributed by atoms with Gasteiger partial charge in [-0.15, -0.1) is 15.3 Å². The average molecular weight is 365 g/mol. The van der Waals surface area contributed by atoms with E-state index in [1.54, 1.807) is 4.52 Å². The van der Waals surface area contributed by atoms with Crippen molar-refractivity contribution in [1.82, 2.24) is 35.0 Å².